The summed E-state index contributed by atoms with van der Waals surface area (Å²) in [6.45, 7) is 3.56. The van der Waals surface area contributed by atoms with Crippen molar-refractivity contribution in [3.63, 3.8) is 0 Å². The Bertz CT molecular complexity index is 768. The molecule has 2 rings (SSSR count). The van der Waals surface area contributed by atoms with E-state index in [1.807, 2.05) is 18.3 Å². The molecule has 0 saturated heterocycles. The van der Waals surface area contributed by atoms with E-state index in [1.54, 1.807) is 39.7 Å². The molecule has 0 amide bonds. The van der Waals surface area contributed by atoms with Crippen LogP contribution in [0.3, 0.4) is 0 Å². The van der Waals surface area contributed by atoms with Crippen molar-refractivity contribution in [2.45, 2.75) is 19.8 Å². The van der Waals surface area contributed by atoms with Gasteiger partial charge in [0.25, 0.3) is 0 Å². The van der Waals surface area contributed by atoms with Crippen LogP contribution < -0.4 is 24.8 Å². The number of ether oxygens (including phenoxy) is 3. The van der Waals surface area contributed by atoms with Crippen molar-refractivity contribution < 1.29 is 14.2 Å². The van der Waals surface area contributed by atoms with Crippen molar-refractivity contribution in [2.75, 3.05) is 41.5 Å². The maximum Gasteiger partial charge on any atom is 0.203 e. The van der Waals surface area contributed by atoms with Gasteiger partial charge in [0, 0.05) is 43.2 Å². The van der Waals surface area contributed by atoms with Gasteiger partial charge in [-0.15, -0.1) is 35.3 Å². The molecule has 2 aromatic rings. The minimum Gasteiger partial charge on any atom is -0.493 e. The topological polar surface area (TPSA) is 77.0 Å². The Kier molecular flexibility index (Phi) is 11.0. The lowest BCUT2D eigenvalue weighted by Gasteiger charge is -2.16. The fourth-order valence-electron chi connectivity index (χ4n) is 2.70. The van der Waals surface area contributed by atoms with E-state index in [9.17, 15) is 0 Å². The fourth-order valence-corrected chi connectivity index (χ4v) is 3.49. The molecule has 0 bridgehead atoms. The summed E-state index contributed by atoms with van der Waals surface area (Å²) >= 11 is 1.73. The molecule has 2 N–H and O–H groups in total. The first-order valence-corrected chi connectivity index (χ1v) is 9.58. The highest BCUT2D eigenvalue weighted by Gasteiger charge is 2.15. The number of thiazole rings is 1. The summed E-state index contributed by atoms with van der Waals surface area (Å²) in [5, 5.41) is 7.76. The molecule has 7 nitrogen and oxygen atoms in total. The molecular formula is C19H29IN4O3S. The first-order chi connectivity index (χ1) is 13.1. The number of rotatable bonds is 9. The number of nitrogens with zero attached hydrogens (tertiary/aromatic N) is 2. The SMILES string of the molecule is CN=C(NCCc1ncc(C)s1)NCCc1ccc(OC)c(OC)c1OC.I. The van der Waals surface area contributed by atoms with Gasteiger partial charge in [0.15, 0.2) is 17.5 Å². The van der Waals surface area contributed by atoms with E-state index < -0.39 is 0 Å². The summed E-state index contributed by atoms with van der Waals surface area (Å²) in [5.74, 6) is 2.73. The van der Waals surface area contributed by atoms with Crippen LogP contribution in [0.15, 0.2) is 23.3 Å². The highest BCUT2D eigenvalue weighted by Crippen LogP contribution is 2.39. The summed E-state index contributed by atoms with van der Waals surface area (Å²) in [7, 11) is 6.62. The minimum absolute atomic E-state index is 0. The highest BCUT2D eigenvalue weighted by atomic mass is 127. The van der Waals surface area contributed by atoms with Crippen molar-refractivity contribution in [3.05, 3.63) is 33.8 Å². The molecule has 1 heterocycles. The summed E-state index contributed by atoms with van der Waals surface area (Å²) in [6, 6.07) is 3.88. The average Bonchev–Trinajstić information content (AvgIpc) is 3.10. The lowest BCUT2D eigenvalue weighted by atomic mass is 10.1. The molecule has 0 atom stereocenters. The van der Waals surface area contributed by atoms with Gasteiger partial charge in [-0.2, -0.15) is 0 Å². The van der Waals surface area contributed by atoms with Gasteiger partial charge in [0.05, 0.1) is 26.3 Å². The maximum atomic E-state index is 5.53. The number of nitrogens with one attached hydrogen (secondary N) is 2. The Balaban J connectivity index is 0.00000392. The Labute approximate surface area is 187 Å². The largest absolute Gasteiger partial charge is 0.493 e. The fraction of sp³-hybridized carbons (Fsp3) is 0.474. The zero-order chi connectivity index (χ0) is 19.6. The maximum absolute atomic E-state index is 5.53. The van der Waals surface area contributed by atoms with Crippen molar-refractivity contribution in [1.82, 2.24) is 15.6 Å². The van der Waals surface area contributed by atoms with Gasteiger partial charge in [0.1, 0.15) is 0 Å². The third kappa shape index (κ3) is 6.69. The van der Waals surface area contributed by atoms with E-state index in [1.165, 1.54) is 4.88 Å². The van der Waals surface area contributed by atoms with Crippen LogP contribution in [0, 0.1) is 6.92 Å². The second-order valence-electron chi connectivity index (χ2n) is 5.78. The predicted octanol–water partition coefficient (Wildman–Crippen LogP) is 3.05. The third-order valence-electron chi connectivity index (χ3n) is 4.00. The Morgan fingerprint density at radius 2 is 1.71 bits per heavy atom. The molecule has 0 aliphatic carbocycles. The standard InChI is InChI=1S/C19H28N4O3S.HI/c1-13-12-23-16(27-13)9-11-22-19(20-2)21-10-8-14-6-7-15(24-3)18(26-5)17(14)25-4;/h6-7,12H,8-11H2,1-5H3,(H2,20,21,22);1H. The minimum atomic E-state index is 0. The van der Waals surface area contributed by atoms with E-state index >= 15 is 0 Å². The monoisotopic (exact) mass is 520 g/mol. The van der Waals surface area contributed by atoms with Gasteiger partial charge >= 0.3 is 0 Å². The van der Waals surface area contributed by atoms with Crippen LogP contribution in [0.5, 0.6) is 17.2 Å². The Morgan fingerprint density at radius 1 is 1.04 bits per heavy atom. The lowest BCUT2D eigenvalue weighted by molar-refractivity contribution is 0.322. The van der Waals surface area contributed by atoms with E-state index in [2.05, 4.69) is 27.5 Å². The van der Waals surface area contributed by atoms with E-state index in [0.717, 1.165) is 35.9 Å². The van der Waals surface area contributed by atoms with Crippen LogP contribution in [-0.4, -0.2) is 52.4 Å². The third-order valence-corrected chi connectivity index (χ3v) is 4.97. The zero-order valence-corrected chi connectivity index (χ0v) is 20.1. The van der Waals surface area contributed by atoms with Crippen LogP contribution in [0.2, 0.25) is 0 Å². The number of guanidine groups is 1. The molecule has 0 aliphatic heterocycles. The van der Waals surface area contributed by atoms with Crippen molar-refractivity contribution in [2.24, 2.45) is 4.99 Å². The summed E-state index contributed by atoms with van der Waals surface area (Å²) < 4.78 is 16.3. The van der Waals surface area contributed by atoms with Gasteiger partial charge in [0.2, 0.25) is 5.75 Å². The molecule has 0 radical (unpaired) electrons. The van der Waals surface area contributed by atoms with E-state index in [0.29, 0.717) is 23.8 Å². The quantitative estimate of drug-likeness (QED) is 0.301. The number of methoxy groups -OCH3 is 3. The van der Waals surface area contributed by atoms with E-state index in [-0.39, 0.29) is 24.0 Å². The molecule has 0 saturated carbocycles. The predicted molar refractivity (Wildman–Crippen MR) is 125 cm³/mol. The van der Waals surface area contributed by atoms with Crippen LogP contribution in [-0.2, 0) is 12.8 Å². The molecule has 1 aromatic carbocycles. The van der Waals surface area contributed by atoms with Gasteiger partial charge in [-0.3, -0.25) is 4.99 Å². The van der Waals surface area contributed by atoms with Crippen molar-refractivity contribution in [1.29, 1.82) is 0 Å². The smallest absolute Gasteiger partial charge is 0.203 e. The number of halogens is 1. The molecular weight excluding hydrogens is 491 g/mol. The number of aryl methyl sites for hydroxylation is 1. The van der Waals surface area contributed by atoms with Crippen LogP contribution >= 0.6 is 35.3 Å². The number of hydrogen-bond acceptors (Lipinski definition) is 6. The molecule has 156 valence electrons. The normalized spacial score (nSPS) is 10.8. The number of aromatic nitrogens is 1. The van der Waals surface area contributed by atoms with Gasteiger partial charge in [-0.1, -0.05) is 6.07 Å². The van der Waals surface area contributed by atoms with Crippen LogP contribution in [0.25, 0.3) is 0 Å². The van der Waals surface area contributed by atoms with Gasteiger partial charge < -0.3 is 24.8 Å². The number of aliphatic imine (C=N–C) groups is 1. The van der Waals surface area contributed by atoms with Crippen LogP contribution in [0.4, 0.5) is 0 Å². The molecule has 0 unspecified atom stereocenters. The molecule has 0 fully saturated rings. The molecule has 28 heavy (non-hydrogen) atoms. The number of hydrogen-bond donors (Lipinski definition) is 2. The Hall–Kier alpha value is -1.75. The first-order valence-electron chi connectivity index (χ1n) is 8.76. The van der Waals surface area contributed by atoms with E-state index in [4.69, 9.17) is 14.2 Å². The Morgan fingerprint density at radius 3 is 2.25 bits per heavy atom. The molecule has 0 aliphatic rings. The molecule has 9 heteroatoms. The van der Waals surface area contributed by atoms with Gasteiger partial charge in [-0.25, -0.2) is 4.98 Å². The summed E-state index contributed by atoms with van der Waals surface area (Å²) in [4.78, 5) is 9.87. The zero-order valence-electron chi connectivity index (χ0n) is 17.0. The second-order valence-corrected chi connectivity index (χ2v) is 7.10. The lowest BCUT2D eigenvalue weighted by Crippen LogP contribution is -2.39. The molecule has 1 aromatic heterocycles. The summed E-state index contributed by atoms with van der Waals surface area (Å²) in [6.07, 6.45) is 3.54. The van der Waals surface area contributed by atoms with Crippen molar-refractivity contribution >= 4 is 41.3 Å². The first kappa shape index (κ1) is 24.3. The highest BCUT2D eigenvalue weighted by molar-refractivity contribution is 14.0. The van der Waals surface area contributed by atoms with Crippen molar-refractivity contribution in [3.8, 4) is 17.2 Å². The van der Waals surface area contributed by atoms with Crippen LogP contribution in [0.1, 0.15) is 15.4 Å². The molecule has 0 spiro atoms. The van der Waals surface area contributed by atoms with Gasteiger partial charge in [-0.05, 0) is 19.4 Å². The second kappa shape index (κ2) is 12.7. The number of benzene rings is 1. The summed E-state index contributed by atoms with van der Waals surface area (Å²) in [5.41, 5.74) is 1.04. The average molecular weight is 520 g/mol.